The normalized spacial score (nSPS) is 18.2. The van der Waals surface area contributed by atoms with E-state index in [9.17, 15) is 10.2 Å². The van der Waals surface area contributed by atoms with Crippen LogP contribution >= 0.6 is 0 Å². The van der Waals surface area contributed by atoms with E-state index in [0.29, 0.717) is 6.42 Å². The van der Waals surface area contributed by atoms with Crippen LogP contribution < -0.4 is 4.90 Å². The fourth-order valence-corrected chi connectivity index (χ4v) is 5.68. The van der Waals surface area contributed by atoms with Gasteiger partial charge in [0.25, 0.3) is 0 Å². The van der Waals surface area contributed by atoms with Crippen LogP contribution in [0.2, 0.25) is 0 Å². The Morgan fingerprint density at radius 1 is 0.919 bits per heavy atom. The summed E-state index contributed by atoms with van der Waals surface area (Å²) in [4.78, 5) is 5.20. The fourth-order valence-electron chi connectivity index (χ4n) is 5.68. The van der Waals surface area contributed by atoms with E-state index in [-0.39, 0.29) is 12.4 Å². The van der Waals surface area contributed by atoms with Gasteiger partial charge in [-0.05, 0) is 84.7 Å². The lowest BCUT2D eigenvalue weighted by molar-refractivity contribution is 0.187. The van der Waals surface area contributed by atoms with Gasteiger partial charge in [0.05, 0.1) is 0 Å². The van der Waals surface area contributed by atoms with E-state index in [1.54, 1.807) is 12.1 Å². The number of aromatic hydroxyl groups is 1. The molecule has 4 heteroatoms. The predicted octanol–water partition coefficient (Wildman–Crippen LogP) is 6.72. The fraction of sp³-hybridized carbons (Fsp3) is 0.394. The van der Waals surface area contributed by atoms with Crippen molar-refractivity contribution in [1.82, 2.24) is 4.90 Å². The summed E-state index contributed by atoms with van der Waals surface area (Å²) >= 11 is 0. The van der Waals surface area contributed by atoms with Crippen LogP contribution in [0.5, 0.6) is 5.75 Å². The Morgan fingerprint density at radius 2 is 1.54 bits per heavy atom. The summed E-state index contributed by atoms with van der Waals surface area (Å²) in [5, 5.41) is 19.5. The van der Waals surface area contributed by atoms with Gasteiger partial charge < -0.3 is 15.1 Å². The zero-order valence-corrected chi connectivity index (χ0v) is 22.3. The van der Waals surface area contributed by atoms with Crippen molar-refractivity contribution in [2.75, 3.05) is 37.7 Å². The molecule has 0 atom stereocenters. The molecular formula is C33H42N2O2. The van der Waals surface area contributed by atoms with Gasteiger partial charge in [-0.1, -0.05) is 68.0 Å². The molecule has 4 rings (SSSR count). The smallest absolute Gasteiger partial charge is 0.115 e. The van der Waals surface area contributed by atoms with Crippen molar-refractivity contribution in [2.24, 2.45) is 0 Å². The average Bonchev–Trinajstić information content (AvgIpc) is 3.47. The van der Waals surface area contributed by atoms with Crippen LogP contribution in [0.15, 0.2) is 90.6 Å². The van der Waals surface area contributed by atoms with Crippen molar-refractivity contribution in [3.8, 4) is 5.75 Å². The van der Waals surface area contributed by atoms with Crippen molar-refractivity contribution in [3.63, 3.8) is 0 Å². The molecule has 1 saturated heterocycles. The summed E-state index contributed by atoms with van der Waals surface area (Å²) in [5.41, 5.74) is 6.56. The number of rotatable bonds is 10. The molecule has 4 nitrogen and oxygen atoms in total. The van der Waals surface area contributed by atoms with Gasteiger partial charge in [-0.2, -0.15) is 0 Å². The first-order valence-corrected chi connectivity index (χ1v) is 13.8. The maximum atomic E-state index is 9.92. The second-order valence-corrected chi connectivity index (χ2v) is 10.1. The van der Waals surface area contributed by atoms with Gasteiger partial charge in [-0.25, -0.2) is 0 Å². The monoisotopic (exact) mass is 498 g/mol. The topological polar surface area (TPSA) is 46.9 Å². The number of aliphatic hydroxyl groups excluding tert-OH is 1. The van der Waals surface area contributed by atoms with Crippen molar-refractivity contribution in [1.29, 1.82) is 0 Å². The molecule has 1 aliphatic heterocycles. The minimum atomic E-state index is 0.129. The van der Waals surface area contributed by atoms with Gasteiger partial charge in [0.2, 0.25) is 0 Å². The molecule has 2 aliphatic rings. The molecule has 0 amide bonds. The number of nitrogens with zero attached hydrogens (tertiary/aromatic N) is 2. The van der Waals surface area contributed by atoms with Crippen molar-refractivity contribution in [3.05, 3.63) is 102 Å². The molecule has 1 aliphatic carbocycles. The Bertz CT molecular complexity index is 1100. The minimum absolute atomic E-state index is 0.129. The summed E-state index contributed by atoms with van der Waals surface area (Å²) in [6.07, 6.45) is 14.9. The molecule has 0 unspecified atom stereocenters. The first-order chi connectivity index (χ1) is 18.1. The zero-order valence-electron chi connectivity index (χ0n) is 22.3. The standard InChI is InChI=1S/C33H42N2O2/c1-3-4-5-9-26(2)32(12-8-25-36)33(28-15-19-31(37)20-16-28)27-13-17-30(18-14-27)35-23-21-34(22-24-35)29-10-6-7-11-29/h3-5,9,13-20,29,36-37H,2,6-8,10-12,21-25H2,1H3/b4-3-,9-5-,33-32+. The van der Waals surface area contributed by atoms with Gasteiger partial charge in [-0.3, -0.25) is 4.90 Å². The van der Waals surface area contributed by atoms with Gasteiger partial charge in [-0.15, -0.1) is 0 Å². The second-order valence-electron chi connectivity index (χ2n) is 10.1. The molecule has 0 spiro atoms. The molecular weight excluding hydrogens is 456 g/mol. The maximum Gasteiger partial charge on any atom is 0.115 e. The van der Waals surface area contributed by atoms with Crippen LogP contribution in [0.25, 0.3) is 5.57 Å². The number of piperazine rings is 1. The zero-order chi connectivity index (χ0) is 26.0. The van der Waals surface area contributed by atoms with Crippen molar-refractivity contribution >= 4 is 11.3 Å². The number of hydrogen-bond acceptors (Lipinski definition) is 4. The molecule has 0 bridgehead atoms. The molecule has 1 heterocycles. The first-order valence-electron chi connectivity index (χ1n) is 13.8. The van der Waals surface area contributed by atoms with E-state index in [2.05, 4.69) is 40.6 Å². The Hall–Kier alpha value is -3.08. The summed E-state index contributed by atoms with van der Waals surface area (Å²) in [6, 6.07) is 17.1. The summed E-state index contributed by atoms with van der Waals surface area (Å²) in [7, 11) is 0. The van der Waals surface area contributed by atoms with Crippen LogP contribution in [0.3, 0.4) is 0 Å². The highest BCUT2D eigenvalue weighted by Crippen LogP contribution is 2.35. The number of hydrogen-bond donors (Lipinski definition) is 2. The van der Waals surface area contributed by atoms with E-state index in [1.807, 2.05) is 43.4 Å². The Labute approximate surface area is 222 Å². The number of allylic oxidation sites excluding steroid dienone is 6. The maximum absolute atomic E-state index is 9.92. The summed E-state index contributed by atoms with van der Waals surface area (Å²) in [5.74, 6) is 0.249. The SMILES string of the molecule is C=C(/C=C\C=C/C)/C(CCCO)=C(/c1ccc(O)cc1)c1ccc(N2CCN(C3CCCC3)CC2)cc1. The third kappa shape index (κ3) is 7.03. The van der Waals surface area contributed by atoms with E-state index >= 15 is 0 Å². The Balaban J connectivity index is 1.62. The van der Waals surface area contributed by atoms with Gasteiger partial charge in [0.15, 0.2) is 0 Å². The Morgan fingerprint density at radius 3 is 2.14 bits per heavy atom. The molecule has 2 aromatic rings. The van der Waals surface area contributed by atoms with E-state index < -0.39 is 0 Å². The van der Waals surface area contributed by atoms with Gasteiger partial charge in [0, 0.05) is 44.5 Å². The van der Waals surface area contributed by atoms with Crippen LogP contribution in [-0.4, -0.2) is 53.9 Å². The van der Waals surface area contributed by atoms with E-state index in [0.717, 1.165) is 66.5 Å². The quantitative estimate of drug-likeness (QED) is 0.357. The van der Waals surface area contributed by atoms with E-state index in [1.165, 1.54) is 31.4 Å². The first kappa shape index (κ1) is 27.0. The lowest BCUT2D eigenvalue weighted by Crippen LogP contribution is -2.49. The van der Waals surface area contributed by atoms with Crippen LogP contribution in [0.4, 0.5) is 5.69 Å². The van der Waals surface area contributed by atoms with Crippen LogP contribution in [0.1, 0.15) is 56.6 Å². The predicted molar refractivity (Wildman–Crippen MR) is 156 cm³/mol. The molecule has 1 saturated carbocycles. The van der Waals surface area contributed by atoms with Crippen LogP contribution in [0, 0.1) is 0 Å². The third-order valence-corrected chi connectivity index (χ3v) is 7.71. The number of phenols is 1. The Kier molecular flexibility index (Phi) is 9.81. The number of aliphatic hydroxyl groups is 1. The molecule has 2 fully saturated rings. The lowest BCUT2D eigenvalue weighted by atomic mass is 9.87. The number of benzene rings is 2. The highest BCUT2D eigenvalue weighted by Gasteiger charge is 2.26. The highest BCUT2D eigenvalue weighted by molar-refractivity contribution is 5.85. The molecule has 0 aromatic heterocycles. The lowest BCUT2D eigenvalue weighted by Gasteiger charge is -2.39. The molecule has 196 valence electrons. The van der Waals surface area contributed by atoms with Crippen molar-refractivity contribution < 1.29 is 10.2 Å². The third-order valence-electron chi connectivity index (χ3n) is 7.71. The minimum Gasteiger partial charge on any atom is -0.508 e. The average molecular weight is 499 g/mol. The molecule has 2 N–H and O–H groups in total. The molecule has 2 aromatic carbocycles. The van der Waals surface area contributed by atoms with E-state index in [4.69, 9.17) is 0 Å². The largest absolute Gasteiger partial charge is 0.508 e. The molecule has 0 radical (unpaired) electrons. The van der Waals surface area contributed by atoms with Gasteiger partial charge >= 0.3 is 0 Å². The summed E-state index contributed by atoms with van der Waals surface area (Å²) < 4.78 is 0. The number of phenolic OH excluding ortho intramolecular Hbond substituents is 1. The number of anilines is 1. The van der Waals surface area contributed by atoms with Gasteiger partial charge in [0.1, 0.15) is 5.75 Å². The van der Waals surface area contributed by atoms with Crippen molar-refractivity contribution in [2.45, 2.75) is 51.5 Å². The summed E-state index contributed by atoms with van der Waals surface area (Å²) in [6.45, 7) is 10.9. The second kappa shape index (κ2) is 13.5. The molecule has 37 heavy (non-hydrogen) atoms. The highest BCUT2D eigenvalue weighted by atomic mass is 16.3. The van der Waals surface area contributed by atoms with Crippen LogP contribution in [-0.2, 0) is 0 Å².